The van der Waals surface area contributed by atoms with Gasteiger partial charge >= 0.3 is 59.1 Å². The van der Waals surface area contributed by atoms with Crippen LogP contribution in [0.15, 0.2) is 19.2 Å². The fourth-order valence-electron chi connectivity index (χ4n) is 0.619. The summed E-state index contributed by atoms with van der Waals surface area (Å²) in [6.45, 7) is 0. The van der Waals surface area contributed by atoms with E-state index >= 15 is 0 Å². The minimum absolute atomic E-state index is 0. The van der Waals surface area contributed by atoms with Gasteiger partial charge in [-0.2, -0.15) is 0 Å². The van der Waals surface area contributed by atoms with Crippen LogP contribution in [0.25, 0.3) is 0 Å². The Morgan fingerprint density at radius 1 is 0.562 bits per heavy atom. The number of hydrogen-bond acceptors (Lipinski definition) is 6. The van der Waals surface area contributed by atoms with Crippen molar-refractivity contribution in [1.29, 1.82) is 0 Å². The molecule has 1 aromatic rings. The molecule has 0 heterocycles. The molecule has 8 nitrogen and oxygen atoms in total. The van der Waals surface area contributed by atoms with Crippen LogP contribution in [-0.2, 0) is 0 Å². The van der Waals surface area contributed by atoms with E-state index in [1.54, 1.807) is 0 Å². The quantitative estimate of drug-likeness (QED) is 0.325. The number of benzene rings is 1. The van der Waals surface area contributed by atoms with Crippen molar-refractivity contribution in [1.82, 2.24) is 0 Å². The van der Waals surface area contributed by atoms with E-state index in [0.717, 1.165) is 0 Å². The minimum Gasteiger partial charge on any atom is -0.870 e. The largest absolute Gasteiger partial charge is 1.00 e. The second kappa shape index (κ2) is 9.02. The molecule has 16 heavy (non-hydrogen) atoms. The van der Waals surface area contributed by atoms with Gasteiger partial charge in [-0.15, -0.1) is 0 Å². The predicted octanol–water partition coefficient (Wildman–Crippen LogP) is -11.5. The van der Waals surface area contributed by atoms with Crippen LogP contribution in [0.5, 0.6) is 11.5 Å². The molecule has 78 valence electrons. The van der Waals surface area contributed by atoms with E-state index in [0.29, 0.717) is 0 Å². The summed E-state index contributed by atoms with van der Waals surface area (Å²) >= 11 is 0. The Morgan fingerprint density at radius 3 is 0.938 bits per heavy atom. The first-order valence-corrected chi connectivity index (χ1v) is 2.72. The van der Waals surface area contributed by atoms with Crippen LogP contribution in [0.4, 0.5) is 0 Å². The zero-order valence-corrected chi connectivity index (χ0v) is 12.4. The third-order valence-electron chi connectivity index (χ3n) is 1.24. The average Bonchev–Trinajstić information content (AvgIpc) is 2.08. The van der Waals surface area contributed by atoms with Gasteiger partial charge in [0.15, 0.2) is 0 Å². The van der Waals surface area contributed by atoms with Gasteiger partial charge in [0.2, 0.25) is 10.9 Å². The van der Waals surface area contributed by atoms with Crippen molar-refractivity contribution in [2.24, 2.45) is 0 Å². The molecular formula is C6H4Na2O8. The maximum atomic E-state index is 10.4. The fourth-order valence-corrected chi connectivity index (χ4v) is 0.619. The zero-order chi connectivity index (χ0) is 9.46. The van der Waals surface area contributed by atoms with E-state index in [1.807, 2.05) is 0 Å². The summed E-state index contributed by atoms with van der Waals surface area (Å²) in [7, 11) is 0. The molecule has 0 amide bonds. The van der Waals surface area contributed by atoms with Crippen LogP contribution < -0.4 is 91.0 Å². The number of hydrogen-bond donors (Lipinski definition) is 0. The maximum Gasteiger partial charge on any atom is 1.00 e. The molecule has 0 saturated carbocycles. The Bertz CT molecular complexity index is 480. The molecule has 0 aliphatic carbocycles. The Labute approximate surface area is 131 Å². The topological polar surface area (TPSA) is 177 Å². The Morgan fingerprint density at radius 2 is 0.750 bits per heavy atom. The van der Waals surface area contributed by atoms with Crippen LogP contribution in [-0.4, -0.2) is 11.0 Å². The molecule has 0 aliphatic heterocycles. The van der Waals surface area contributed by atoms with Gasteiger partial charge in [0, 0.05) is 0 Å². The molecular weight excluding hydrogens is 246 g/mol. The van der Waals surface area contributed by atoms with E-state index in [9.17, 15) is 29.4 Å². The summed E-state index contributed by atoms with van der Waals surface area (Å²) < 4.78 is 0. The minimum atomic E-state index is -1.73. The summed E-state index contributed by atoms with van der Waals surface area (Å²) in [5.41, 5.74) is -6.93. The van der Waals surface area contributed by atoms with Gasteiger partial charge in [0.1, 0.15) is 0 Å². The smallest absolute Gasteiger partial charge is 0.870 e. The molecule has 4 N–H and O–H groups in total. The van der Waals surface area contributed by atoms with Crippen molar-refractivity contribution in [2.45, 2.75) is 0 Å². The first-order valence-electron chi connectivity index (χ1n) is 2.72. The van der Waals surface area contributed by atoms with E-state index in [2.05, 4.69) is 0 Å². The summed E-state index contributed by atoms with van der Waals surface area (Å²) in [5, 5.41) is 20.8. The van der Waals surface area contributed by atoms with E-state index in [1.165, 1.54) is 0 Å². The van der Waals surface area contributed by atoms with Crippen LogP contribution in [0.2, 0.25) is 0 Å². The molecule has 0 bridgehead atoms. The summed E-state index contributed by atoms with van der Waals surface area (Å²) in [4.78, 5) is 41.6. The predicted molar refractivity (Wildman–Crippen MR) is 40.0 cm³/mol. The van der Waals surface area contributed by atoms with Crippen LogP contribution in [0.3, 0.4) is 0 Å². The summed E-state index contributed by atoms with van der Waals surface area (Å²) in [6, 6.07) is 0. The summed E-state index contributed by atoms with van der Waals surface area (Å²) in [5.74, 6) is -3.46. The van der Waals surface area contributed by atoms with Crippen molar-refractivity contribution < 1.29 is 80.3 Å². The van der Waals surface area contributed by atoms with E-state index in [4.69, 9.17) is 0 Å². The number of rotatable bonds is 0. The molecule has 0 saturated heterocycles. The first-order chi connectivity index (χ1) is 5.46. The van der Waals surface area contributed by atoms with Gasteiger partial charge in [-0.1, -0.05) is 11.5 Å². The maximum absolute atomic E-state index is 10.4. The Kier molecular flexibility index (Phi) is 14.1. The normalized spacial score (nSPS) is 7.50. The molecule has 0 unspecified atom stereocenters. The van der Waals surface area contributed by atoms with Gasteiger partial charge in [-0.05, 0) is 0 Å². The third-order valence-corrected chi connectivity index (χ3v) is 1.24. The van der Waals surface area contributed by atoms with E-state index in [-0.39, 0.29) is 70.1 Å². The van der Waals surface area contributed by atoms with Gasteiger partial charge in [-0.3, -0.25) is 19.2 Å². The van der Waals surface area contributed by atoms with Crippen molar-refractivity contribution >= 4 is 0 Å². The van der Waals surface area contributed by atoms with Crippen LogP contribution >= 0.6 is 0 Å². The van der Waals surface area contributed by atoms with Crippen molar-refractivity contribution in [2.75, 3.05) is 0 Å². The monoisotopic (exact) mass is 250 g/mol. The van der Waals surface area contributed by atoms with Gasteiger partial charge in [0.25, 0.3) is 10.9 Å². The van der Waals surface area contributed by atoms with Crippen LogP contribution in [0.1, 0.15) is 0 Å². The molecule has 0 atom stereocenters. The Balaban J connectivity index is -0.000000180. The van der Waals surface area contributed by atoms with Crippen LogP contribution in [0, 0.1) is 0 Å². The fraction of sp³-hybridized carbons (Fsp3) is 0. The molecule has 0 fully saturated rings. The van der Waals surface area contributed by atoms with Crippen molar-refractivity contribution in [3.8, 4) is 11.5 Å². The molecule has 0 radical (unpaired) electrons. The van der Waals surface area contributed by atoms with E-state index < -0.39 is 33.2 Å². The average molecular weight is 250 g/mol. The van der Waals surface area contributed by atoms with Crippen molar-refractivity contribution in [3.05, 3.63) is 40.9 Å². The second-order valence-corrected chi connectivity index (χ2v) is 1.97. The van der Waals surface area contributed by atoms with Gasteiger partial charge in [-0.25, -0.2) is 0 Å². The molecule has 10 heteroatoms. The third kappa shape index (κ3) is 4.07. The van der Waals surface area contributed by atoms with Gasteiger partial charge in [0.05, 0.1) is 0 Å². The molecule has 1 aromatic carbocycles. The Hall–Kier alpha value is -0.0600. The first kappa shape index (κ1) is 25.0. The summed E-state index contributed by atoms with van der Waals surface area (Å²) in [6.07, 6.45) is 0. The standard InChI is InChI=1S/C6H2O6.2Na.2H2O/c7-1-2(8)4(10)6(12)5(11)3(1)9;;;;/h7-8H;;;2*1H2/q;2*+1;;/p-2. The molecule has 0 spiro atoms. The molecule has 1 rings (SSSR count). The zero-order valence-electron chi connectivity index (χ0n) is 8.45. The second-order valence-electron chi connectivity index (χ2n) is 1.97. The molecule has 0 aliphatic rings. The van der Waals surface area contributed by atoms with Gasteiger partial charge < -0.3 is 21.2 Å². The van der Waals surface area contributed by atoms with Crippen molar-refractivity contribution in [3.63, 3.8) is 0 Å². The SMILES string of the molecule is O.O.O=c1c([O-])c([O-])c(=O)c(=O)c1=O.[Na+].[Na+]. The molecule has 0 aromatic heterocycles.